The van der Waals surface area contributed by atoms with Crippen molar-refractivity contribution in [2.24, 2.45) is 40.4 Å². The predicted octanol–water partition coefficient (Wildman–Crippen LogP) is 7.27. The largest absolute Gasteiger partial charge is 0.393 e. The van der Waals surface area contributed by atoms with E-state index in [-0.39, 0.29) is 22.7 Å². The number of aliphatic hydroxyl groups is 1. The number of rotatable bonds is 6. The standard InChI is InChI=1S/C29H46O2/c1-7-20(18(2)3)9-8-19(4)23-10-11-24-27-25(13-15-29(23,24)6)28(5)14-12-22(30)16-21(28)17-26(27)31/h17-20,22-24,30H,7-16H2,1-6H3/t19-,20+,22+,23-,24+,28+,29-/m1/s1. The molecule has 4 aliphatic rings. The number of carbonyl (C=O) groups excluding carboxylic acids is 1. The molecule has 2 saturated carbocycles. The van der Waals surface area contributed by atoms with Gasteiger partial charge in [-0.25, -0.2) is 0 Å². The smallest absolute Gasteiger partial charge is 0.182 e. The molecule has 0 spiro atoms. The zero-order valence-electron chi connectivity index (χ0n) is 21.0. The molecular formula is C29H46O2. The fourth-order valence-electron chi connectivity index (χ4n) is 8.35. The van der Waals surface area contributed by atoms with Gasteiger partial charge in [-0.1, -0.05) is 65.5 Å². The van der Waals surface area contributed by atoms with Gasteiger partial charge >= 0.3 is 0 Å². The molecule has 0 saturated heterocycles. The molecule has 2 fully saturated rings. The van der Waals surface area contributed by atoms with E-state index in [2.05, 4.69) is 41.5 Å². The third-order valence-electron chi connectivity index (χ3n) is 10.5. The van der Waals surface area contributed by atoms with Gasteiger partial charge in [-0.2, -0.15) is 0 Å². The SMILES string of the molecule is CC[C@@H](CC[C@@H](C)[C@H]1CC[C@H]2C3=C(CC[C@]12C)[C@@]1(C)CC[C@H](O)CC1=CC3=O)C(C)C. The maximum atomic E-state index is 13.4. The molecule has 31 heavy (non-hydrogen) atoms. The van der Waals surface area contributed by atoms with Crippen LogP contribution < -0.4 is 0 Å². The molecule has 0 aromatic carbocycles. The zero-order chi connectivity index (χ0) is 22.6. The monoisotopic (exact) mass is 426 g/mol. The minimum Gasteiger partial charge on any atom is -0.393 e. The Morgan fingerprint density at radius 1 is 1.10 bits per heavy atom. The van der Waals surface area contributed by atoms with Gasteiger partial charge in [0.05, 0.1) is 6.10 Å². The Bertz CT molecular complexity index is 774. The molecule has 0 unspecified atom stereocenters. The molecule has 0 bridgehead atoms. The van der Waals surface area contributed by atoms with E-state index in [1.807, 2.05) is 6.08 Å². The molecule has 0 aromatic rings. The van der Waals surface area contributed by atoms with Crippen molar-refractivity contribution in [2.45, 2.75) is 112 Å². The lowest BCUT2D eigenvalue weighted by Crippen LogP contribution is -2.44. The summed E-state index contributed by atoms with van der Waals surface area (Å²) in [5.41, 5.74) is 4.19. The number of hydrogen-bond donors (Lipinski definition) is 1. The predicted molar refractivity (Wildman–Crippen MR) is 129 cm³/mol. The maximum Gasteiger partial charge on any atom is 0.182 e. The molecule has 2 nitrogen and oxygen atoms in total. The topological polar surface area (TPSA) is 37.3 Å². The van der Waals surface area contributed by atoms with Crippen molar-refractivity contribution >= 4 is 5.78 Å². The van der Waals surface area contributed by atoms with Crippen LogP contribution in [-0.4, -0.2) is 17.0 Å². The first-order valence-corrected chi connectivity index (χ1v) is 13.3. The van der Waals surface area contributed by atoms with Gasteiger partial charge in [0.1, 0.15) is 0 Å². The summed E-state index contributed by atoms with van der Waals surface area (Å²) >= 11 is 0. The summed E-state index contributed by atoms with van der Waals surface area (Å²) in [5.74, 6) is 3.85. The van der Waals surface area contributed by atoms with E-state index >= 15 is 0 Å². The van der Waals surface area contributed by atoms with Crippen LogP contribution in [0.3, 0.4) is 0 Å². The lowest BCUT2D eigenvalue weighted by molar-refractivity contribution is -0.113. The van der Waals surface area contributed by atoms with Gasteiger partial charge < -0.3 is 5.11 Å². The van der Waals surface area contributed by atoms with E-state index in [0.29, 0.717) is 12.3 Å². The average Bonchev–Trinajstić information content (AvgIpc) is 3.06. The van der Waals surface area contributed by atoms with Crippen molar-refractivity contribution in [1.29, 1.82) is 0 Å². The van der Waals surface area contributed by atoms with Gasteiger partial charge in [0.25, 0.3) is 0 Å². The first-order chi connectivity index (χ1) is 14.6. The highest BCUT2D eigenvalue weighted by Gasteiger charge is 2.56. The van der Waals surface area contributed by atoms with Crippen LogP contribution in [0.1, 0.15) is 106 Å². The first kappa shape index (κ1) is 23.3. The second-order valence-corrected chi connectivity index (χ2v) is 12.4. The van der Waals surface area contributed by atoms with Crippen LogP contribution in [-0.2, 0) is 4.79 Å². The number of hydrogen-bond acceptors (Lipinski definition) is 2. The number of fused-ring (bicyclic) bond motifs is 4. The van der Waals surface area contributed by atoms with Crippen LogP contribution in [0.4, 0.5) is 0 Å². The molecule has 0 aliphatic heterocycles. The lowest BCUT2D eigenvalue weighted by atomic mass is 9.53. The molecule has 4 aliphatic carbocycles. The van der Waals surface area contributed by atoms with Crippen molar-refractivity contribution in [3.05, 3.63) is 22.8 Å². The molecule has 0 radical (unpaired) electrons. The second-order valence-electron chi connectivity index (χ2n) is 12.4. The van der Waals surface area contributed by atoms with Crippen LogP contribution in [0.2, 0.25) is 0 Å². The summed E-state index contributed by atoms with van der Waals surface area (Å²) in [6.45, 7) is 14.5. The third kappa shape index (κ3) is 3.79. The van der Waals surface area contributed by atoms with E-state index < -0.39 is 0 Å². The van der Waals surface area contributed by atoms with Crippen molar-refractivity contribution in [3.63, 3.8) is 0 Å². The van der Waals surface area contributed by atoms with Crippen molar-refractivity contribution < 1.29 is 9.90 Å². The fraction of sp³-hybridized carbons (Fsp3) is 0.828. The average molecular weight is 427 g/mol. The molecule has 174 valence electrons. The highest BCUT2D eigenvalue weighted by molar-refractivity contribution is 6.07. The van der Waals surface area contributed by atoms with Gasteiger partial charge in [0, 0.05) is 11.0 Å². The molecule has 0 aromatic heterocycles. The van der Waals surface area contributed by atoms with Crippen LogP contribution in [0, 0.1) is 40.4 Å². The minimum atomic E-state index is -0.266. The van der Waals surface area contributed by atoms with Gasteiger partial charge in [0.15, 0.2) is 5.78 Å². The summed E-state index contributed by atoms with van der Waals surface area (Å²) in [7, 11) is 0. The second kappa shape index (κ2) is 8.47. The molecule has 7 atom stereocenters. The van der Waals surface area contributed by atoms with Gasteiger partial charge in [-0.3, -0.25) is 4.79 Å². The summed E-state index contributed by atoms with van der Waals surface area (Å²) in [6, 6.07) is 0. The van der Waals surface area contributed by atoms with Gasteiger partial charge in [0.2, 0.25) is 0 Å². The first-order valence-electron chi connectivity index (χ1n) is 13.3. The fourth-order valence-corrected chi connectivity index (χ4v) is 8.35. The van der Waals surface area contributed by atoms with Crippen LogP contribution in [0.25, 0.3) is 0 Å². The lowest BCUT2D eigenvalue weighted by Gasteiger charge is -2.51. The number of aliphatic hydroxyl groups excluding tert-OH is 1. The molecule has 1 N–H and O–H groups in total. The van der Waals surface area contributed by atoms with E-state index in [9.17, 15) is 9.90 Å². The zero-order valence-corrected chi connectivity index (χ0v) is 21.0. The summed E-state index contributed by atoms with van der Waals surface area (Å²) in [5, 5.41) is 10.2. The van der Waals surface area contributed by atoms with Gasteiger partial charge in [-0.15, -0.1) is 0 Å². The molecule has 4 rings (SSSR count). The summed E-state index contributed by atoms with van der Waals surface area (Å²) < 4.78 is 0. The van der Waals surface area contributed by atoms with Crippen LogP contribution in [0.5, 0.6) is 0 Å². The minimum absolute atomic E-state index is 0.0269. The number of allylic oxidation sites excluding steroid dienone is 3. The van der Waals surface area contributed by atoms with Crippen molar-refractivity contribution in [2.75, 3.05) is 0 Å². The number of carbonyl (C=O) groups is 1. The summed E-state index contributed by atoms with van der Waals surface area (Å²) in [6.07, 6.45) is 13.0. The van der Waals surface area contributed by atoms with Gasteiger partial charge in [-0.05, 0) is 92.4 Å². The van der Waals surface area contributed by atoms with Crippen LogP contribution >= 0.6 is 0 Å². The Labute approximate surface area is 191 Å². The van der Waals surface area contributed by atoms with Crippen LogP contribution in [0.15, 0.2) is 22.8 Å². The quantitative estimate of drug-likeness (QED) is 0.485. The summed E-state index contributed by atoms with van der Waals surface area (Å²) in [4.78, 5) is 13.4. The Balaban J connectivity index is 1.56. The van der Waals surface area contributed by atoms with Crippen molar-refractivity contribution in [3.8, 4) is 0 Å². The third-order valence-corrected chi connectivity index (χ3v) is 10.5. The maximum absolute atomic E-state index is 13.4. The number of ketones is 1. The highest BCUT2D eigenvalue weighted by atomic mass is 16.3. The van der Waals surface area contributed by atoms with E-state index in [1.165, 1.54) is 55.2 Å². The van der Waals surface area contributed by atoms with Crippen molar-refractivity contribution in [1.82, 2.24) is 0 Å². The highest BCUT2D eigenvalue weighted by Crippen LogP contribution is 2.64. The molecule has 2 heteroatoms. The molecule has 0 heterocycles. The van der Waals surface area contributed by atoms with E-state index in [4.69, 9.17) is 0 Å². The van der Waals surface area contributed by atoms with E-state index in [1.54, 1.807) is 0 Å². The Kier molecular flexibility index (Phi) is 6.36. The Morgan fingerprint density at radius 3 is 2.52 bits per heavy atom. The normalized spacial score (nSPS) is 39.7. The Morgan fingerprint density at radius 2 is 1.84 bits per heavy atom. The molecule has 0 amide bonds. The Hall–Kier alpha value is -0.890. The van der Waals surface area contributed by atoms with E-state index in [0.717, 1.165) is 42.9 Å². The molecular weight excluding hydrogens is 380 g/mol.